The highest BCUT2D eigenvalue weighted by Crippen LogP contribution is 2.27. The Labute approximate surface area is 133 Å². The van der Waals surface area contributed by atoms with E-state index in [-0.39, 0.29) is 0 Å². The van der Waals surface area contributed by atoms with E-state index in [9.17, 15) is 0 Å². The zero-order valence-electron chi connectivity index (χ0n) is 12.9. The van der Waals surface area contributed by atoms with Crippen LogP contribution in [0.2, 0.25) is 0 Å². The molecule has 1 saturated heterocycles. The molecule has 2 N–H and O–H groups in total. The summed E-state index contributed by atoms with van der Waals surface area (Å²) in [6.07, 6.45) is 3.43. The molecule has 23 heavy (non-hydrogen) atoms. The van der Waals surface area contributed by atoms with Crippen molar-refractivity contribution in [3.63, 3.8) is 0 Å². The van der Waals surface area contributed by atoms with Crippen LogP contribution < -0.4 is 10.6 Å². The highest BCUT2D eigenvalue weighted by atomic mass is 16.5. The van der Waals surface area contributed by atoms with E-state index in [1.54, 1.807) is 12.4 Å². The number of rotatable bonds is 2. The summed E-state index contributed by atoms with van der Waals surface area (Å²) < 4.78 is 7.32. The Morgan fingerprint density at radius 2 is 2.04 bits per heavy atom. The Morgan fingerprint density at radius 1 is 1.22 bits per heavy atom. The van der Waals surface area contributed by atoms with Gasteiger partial charge in [-0.05, 0) is 13.0 Å². The number of ether oxygens (including phenoxy) is 1. The fourth-order valence-corrected chi connectivity index (χ4v) is 2.86. The summed E-state index contributed by atoms with van der Waals surface area (Å²) in [5.41, 5.74) is 10.1. The molecule has 0 aliphatic carbocycles. The van der Waals surface area contributed by atoms with E-state index < -0.39 is 0 Å². The van der Waals surface area contributed by atoms with Crippen molar-refractivity contribution < 1.29 is 4.74 Å². The molecule has 4 heterocycles. The number of anilines is 2. The van der Waals surface area contributed by atoms with E-state index in [0.29, 0.717) is 5.69 Å². The first-order chi connectivity index (χ1) is 11.2. The van der Waals surface area contributed by atoms with E-state index in [1.165, 1.54) is 0 Å². The summed E-state index contributed by atoms with van der Waals surface area (Å²) >= 11 is 0. The maximum Gasteiger partial charge on any atom is 0.157 e. The van der Waals surface area contributed by atoms with Crippen LogP contribution in [0.5, 0.6) is 0 Å². The first-order valence-corrected chi connectivity index (χ1v) is 7.62. The van der Waals surface area contributed by atoms with Crippen molar-refractivity contribution >= 4 is 17.2 Å². The van der Waals surface area contributed by atoms with Crippen molar-refractivity contribution in [2.24, 2.45) is 0 Å². The topological polar surface area (TPSA) is 81.6 Å². The normalized spacial score (nSPS) is 15.3. The molecule has 118 valence electrons. The van der Waals surface area contributed by atoms with Gasteiger partial charge in [0.1, 0.15) is 5.82 Å². The average molecular weight is 310 g/mol. The van der Waals surface area contributed by atoms with Crippen LogP contribution in [-0.4, -0.2) is 45.9 Å². The number of nitrogens with two attached hydrogens (primary N) is 1. The van der Waals surface area contributed by atoms with Crippen molar-refractivity contribution in [2.75, 3.05) is 36.9 Å². The fraction of sp³-hybridized carbons (Fsp3) is 0.312. The number of pyridine rings is 1. The monoisotopic (exact) mass is 310 g/mol. The third-order valence-electron chi connectivity index (χ3n) is 4.06. The third-order valence-corrected chi connectivity index (χ3v) is 4.06. The molecule has 0 aromatic carbocycles. The molecule has 1 fully saturated rings. The van der Waals surface area contributed by atoms with Crippen LogP contribution in [-0.2, 0) is 4.74 Å². The average Bonchev–Trinajstić information content (AvgIpc) is 3.05. The van der Waals surface area contributed by atoms with Crippen LogP contribution in [0.3, 0.4) is 0 Å². The summed E-state index contributed by atoms with van der Waals surface area (Å²) in [6.45, 7) is 5.09. The molecule has 0 atom stereocenters. The lowest BCUT2D eigenvalue weighted by atomic mass is 10.1. The summed E-state index contributed by atoms with van der Waals surface area (Å²) in [4.78, 5) is 11.3. The highest BCUT2D eigenvalue weighted by molar-refractivity contribution is 5.70. The van der Waals surface area contributed by atoms with Gasteiger partial charge < -0.3 is 15.4 Å². The quantitative estimate of drug-likeness (QED) is 0.773. The van der Waals surface area contributed by atoms with Gasteiger partial charge in [0.15, 0.2) is 5.65 Å². The number of aryl methyl sites for hydroxylation is 1. The molecule has 1 aliphatic heterocycles. The van der Waals surface area contributed by atoms with Crippen molar-refractivity contribution in [2.45, 2.75) is 6.92 Å². The SMILES string of the molecule is Cc1ncc(N)cc1-c1cc(N2CCOCC2)n2nccc2n1. The molecular formula is C16H18N6O. The molecule has 0 bridgehead atoms. The van der Waals surface area contributed by atoms with Crippen LogP contribution in [0.15, 0.2) is 30.6 Å². The molecule has 4 rings (SSSR count). The minimum Gasteiger partial charge on any atom is -0.397 e. The Balaban J connectivity index is 1.89. The third kappa shape index (κ3) is 2.49. The van der Waals surface area contributed by atoms with Gasteiger partial charge in [-0.2, -0.15) is 9.61 Å². The minimum absolute atomic E-state index is 0.633. The van der Waals surface area contributed by atoms with Gasteiger partial charge in [-0.1, -0.05) is 0 Å². The second-order valence-electron chi connectivity index (χ2n) is 5.60. The standard InChI is InChI=1S/C16H18N6O/c1-11-13(8-12(17)10-18-11)14-9-16(21-4-6-23-7-5-21)22-15(20-14)2-3-19-22/h2-3,8-10H,4-7,17H2,1H3. The number of fused-ring (bicyclic) bond motifs is 1. The Kier molecular flexibility index (Phi) is 3.34. The minimum atomic E-state index is 0.633. The summed E-state index contributed by atoms with van der Waals surface area (Å²) in [6, 6.07) is 5.87. The molecule has 0 spiro atoms. The van der Waals surface area contributed by atoms with Gasteiger partial charge in [0.05, 0.1) is 37.0 Å². The van der Waals surface area contributed by atoms with E-state index in [2.05, 4.69) is 21.0 Å². The molecule has 0 amide bonds. The van der Waals surface area contributed by atoms with Gasteiger partial charge in [-0.3, -0.25) is 4.98 Å². The predicted molar refractivity (Wildman–Crippen MR) is 88.4 cm³/mol. The Hall–Kier alpha value is -2.67. The molecule has 3 aromatic heterocycles. The first-order valence-electron chi connectivity index (χ1n) is 7.62. The molecule has 0 unspecified atom stereocenters. The zero-order chi connectivity index (χ0) is 15.8. The van der Waals surface area contributed by atoms with Gasteiger partial charge in [0.25, 0.3) is 0 Å². The maximum absolute atomic E-state index is 5.90. The Morgan fingerprint density at radius 3 is 2.87 bits per heavy atom. The van der Waals surface area contributed by atoms with E-state index in [0.717, 1.165) is 54.7 Å². The lowest BCUT2D eigenvalue weighted by molar-refractivity contribution is 0.122. The van der Waals surface area contributed by atoms with Gasteiger partial charge in [0.2, 0.25) is 0 Å². The number of nitrogens with zero attached hydrogens (tertiary/aromatic N) is 5. The second kappa shape index (κ2) is 5.51. The molecule has 3 aromatic rings. The highest BCUT2D eigenvalue weighted by Gasteiger charge is 2.18. The second-order valence-corrected chi connectivity index (χ2v) is 5.60. The van der Waals surface area contributed by atoms with Crippen molar-refractivity contribution in [1.82, 2.24) is 19.6 Å². The summed E-state index contributed by atoms with van der Waals surface area (Å²) in [5, 5.41) is 4.40. The van der Waals surface area contributed by atoms with Crippen LogP contribution >= 0.6 is 0 Å². The first kappa shape index (κ1) is 14.0. The number of morpholine rings is 1. The van der Waals surface area contributed by atoms with E-state index in [1.807, 2.05) is 23.6 Å². The molecule has 7 nitrogen and oxygen atoms in total. The number of nitrogen functional groups attached to an aromatic ring is 1. The fourth-order valence-electron chi connectivity index (χ4n) is 2.86. The molecule has 1 aliphatic rings. The van der Waals surface area contributed by atoms with Crippen molar-refractivity contribution in [3.8, 4) is 11.3 Å². The van der Waals surface area contributed by atoms with Crippen LogP contribution in [0.4, 0.5) is 11.5 Å². The lowest BCUT2D eigenvalue weighted by Crippen LogP contribution is -2.37. The summed E-state index contributed by atoms with van der Waals surface area (Å²) in [7, 11) is 0. The number of aromatic nitrogens is 4. The molecule has 0 saturated carbocycles. The summed E-state index contributed by atoms with van der Waals surface area (Å²) in [5.74, 6) is 1.01. The molecule has 7 heteroatoms. The van der Waals surface area contributed by atoms with Crippen molar-refractivity contribution in [1.29, 1.82) is 0 Å². The van der Waals surface area contributed by atoms with Crippen LogP contribution in [0.25, 0.3) is 16.9 Å². The lowest BCUT2D eigenvalue weighted by Gasteiger charge is -2.29. The largest absolute Gasteiger partial charge is 0.397 e. The van der Waals surface area contributed by atoms with E-state index in [4.69, 9.17) is 15.5 Å². The smallest absolute Gasteiger partial charge is 0.157 e. The number of hydrogen-bond acceptors (Lipinski definition) is 6. The molecular weight excluding hydrogens is 292 g/mol. The van der Waals surface area contributed by atoms with Gasteiger partial charge in [-0.15, -0.1) is 0 Å². The zero-order valence-corrected chi connectivity index (χ0v) is 12.9. The maximum atomic E-state index is 5.90. The van der Waals surface area contributed by atoms with Gasteiger partial charge in [0, 0.05) is 36.5 Å². The molecule has 0 radical (unpaired) electrons. The van der Waals surface area contributed by atoms with Crippen LogP contribution in [0.1, 0.15) is 5.69 Å². The van der Waals surface area contributed by atoms with Crippen molar-refractivity contribution in [3.05, 3.63) is 36.3 Å². The number of hydrogen-bond donors (Lipinski definition) is 1. The van der Waals surface area contributed by atoms with Gasteiger partial charge in [-0.25, -0.2) is 4.98 Å². The predicted octanol–water partition coefficient (Wildman–Crippen LogP) is 1.52. The van der Waals surface area contributed by atoms with E-state index >= 15 is 0 Å². The van der Waals surface area contributed by atoms with Gasteiger partial charge >= 0.3 is 0 Å². The van der Waals surface area contributed by atoms with Crippen LogP contribution in [0, 0.1) is 6.92 Å². The Bertz CT molecular complexity index is 853.